The Hall–Kier alpha value is -0.910. The van der Waals surface area contributed by atoms with Gasteiger partial charge >= 0.3 is 5.97 Å². The highest BCUT2D eigenvalue weighted by molar-refractivity contribution is 7.92. The molecule has 6 heteroatoms. The van der Waals surface area contributed by atoms with Gasteiger partial charge in [-0.2, -0.15) is 0 Å². The summed E-state index contributed by atoms with van der Waals surface area (Å²) in [6.45, 7) is 6.52. The van der Waals surface area contributed by atoms with Crippen LogP contribution in [-0.4, -0.2) is 37.3 Å². The average molecular weight is 250 g/mol. The summed E-state index contributed by atoms with van der Waals surface area (Å²) in [7, 11) is -3.69. The van der Waals surface area contributed by atoms with Gasteiger partial charge in [-0.1, -0.05) is 6.92 Å². The first-order valence-electron chi connectivity index (χ1n) is 4.99. The number of hydrogen-bond donors (Lipinski definition) is 0. The van der Waals surface area contributed by atoms with E-state index in [1.807, 2.05) is 0 Å². The lowest BCUT2D eigenvalue weighted by Gasteiger charge is -2.19. The van der Waals surface area contributed by atoms with Crippen LogP contribution < -0.4 is 0 Å². The van der Waals surface area contributed by atoms with E-state index < -0.39 is 38.7 Å². The second-order valence-corrected chi connectivity index (χ2v) is 6.58. The van der Waals surface area contributed by atoms with E-state index in [0.717, 1.165) is 0 Å². The van der Waals surface area contributed by atoms with Gasteiger partial charge in [0.15, 0.2) is 9.84 Å². The molecule has 0 rings (SSSR count). The molecule has 0 aliphatic rings. The molecule has 5 nitrogen and oxygen atoms in total. The van der Waals surface area contributed by atoms with Crippen molar-refractivity contribution >= 4 is 21.6 Å². The lowest BCUT2D eigenvalue weighted by atomic mass is 10.2. The van der Waals surface area contributed by atoms with Crippen LogP contribution in [0, 0.1) is 0 Å². The van der Waals surface area contributed by atoms with E-state index in [4.69, 9.17) is 4.74 Å². The highest BCUT2D eigenvalue weighted by atomic mass is 32.2. The molecule has 94 valence electrons. The van der Waals surface area contributed by atoms with Crippen LogP contribution in [0.15, 0.2) is 0 Å². The number of carbonyl (C=O) groups excluding carboxylic acids is 2. The van der Waals surface area contributed by atoms with Crippen molar-refractivity contribution in [2.45, 2.75) is 39.7 Å². The summed E-state index contributed by atoms with van der Waals surface area (Å²) >= 11 is 0. The topological polar surface area (TPSA) is 77.5 Å². The normalized spacial score (nSPS) is 12.2. The summed E-state index contributed by atoms with van der Waals surface area (Å²) in [5.41, 5.74) is -0.721. The predicted octanol–water partition coefficient (Wildman–Crippen LogP) is 0.722. The van der Waals surface area contributed by atoms with Crippen LogP contribution in [-0.2, 0) is 24.2 Å². The van der Waals surface area contributed by atoms with E-state index in [0.29, 0.717) is 0 Å². The van der Waals surface area contributed by atoms with Crippen molar-refractivity contribution in [2.24, 2.45) is 0 Å². The lowest BCUT2D eigenvalue weighted by molar-refractivity contribution is -0.151. The van der Waals surface area contributed by atoms with Gasteiger partial charge in [0.25, 0.3) is 0 Å². The van der Waals surface area contributed by atoms with Crippen LogP contribution in [0.25, 0.3) is 0 Å². The van der Waals surface area contributed by atoms with Crippen molar-refractivity contribution in [2.75, 3.05) is 11.5 Å². The van der Waals surface area contributed by atoms with Gasteiger partial charge in [0.05, 0.1) is 0 Å². The van der Waals surface area contributed by atoms with Crippen molar-refractivity contribution in [3.63, 3.8) is 0 Å². The van der Waals surface area contributed by atoms with E-state index in [9.17, 15) is 18.0 Å². The third kappa shape index (κ3) is 7.39. The first-order valence-corrected chi connectivity index (χ1v) is 6.82. The highest BCUT2D eigenvalue weighted by Gasteiger charge is 2.24. The van der Waals surface area contributed by atoms with Gasteiger partial charge in [-0.05, 0) is 20.8 Å². The molecule has 0 heterocycles. The molecule has 0 aromatic heterocycles. The van der Waals surface area contributed by atoms with Gasteiger partial charge in [-0.3, -0.25) is 9.59 Å². The standard InChI is InChI=1S/C10H18O5S/c1-5-8(11)6-16(13,14)7-9(12)15-10(2,3)4/h5-7H2,1-4H3. The number of hydrogen-bond acceptors (Lipinski definition) is 5. The summed E-state index contributed by atoms with van der Waals surface area (Å²) in [5.74, 6) is -2.56. The minimum Gasteiger partial charge on any atom is -0.459 e. The Morgan fingerprint density at radius 2 is 1.62 bits per heavy atom. The Morgan fingerprint density at radius 1 is 1.12 bits per heavy atom. The molecular formula is C10H18O5S. The average Bonchev–Trinajstić information content (AvgIpc) is 1.97. The molecular weight excluding hydrogens is 232 g/mol. The number of Topliss-reactive ketones (excluding diaryl/α,β-unsaturated/α-hetero) is 1. The summed E-state index contributed by atoms with van der Waals surface area (Å²) in [5, 5.41) is 0. The fraction of sp³-hybridized carbons (Fsp3) is 0.800. The summed E-state index contributed by atoms with van der Waals surface area (Å²) < 4.78 is 27.6. The summed E-state index contributed by atoms with van der Waals surface area (Å²) in [4.78, 5) is 22.2. The Morgan fingerprint density at radius 3 is 2.00 bits per heavy atom. The molecule has 0 saturated heterocycles. The monoisotopic (exact) mass is 250 g/mol. The fourth-order valence-electron chi connectivity index (χ4n) is 0.949. The minimum atomic E-state index is -3.69. The Balaban J connectivity index is 4.39. The smallest absolute Gasteiger partial charge is 0.321 e. The second-order valence-electron chi connectivity index (χ2n) is 4.51. The van der Waals surface area contributed by atoms with E-state index in [-0.39, 0.29) is 6.42 Å². The number of ketones is 1. The van der Waals surface area contributed by atoms with Crippen molar-refractivity contribution in [3.8, 4) is 0 Å². The quantitative estimate of drug-likeness (QED) is 0.672. The van der Waals surface area contributed by atoms with Gasteiger partial charge < -0.3 is 4.74 Å². The van der Waals surface area contributed by atoms with E-state index in [2.05, 4.69) is 0 Å². The maximum absolute atomic E-state index is 11.4. The second kappa shape index (κ2) is 5.43. The van der Waals surface area contributed by atoms with E-state index in [1.165, 1.54) is 0 Å². The zero-order valence-electron chi connectivity index (χ0n) is 10.1. The largest absolute Gasteiger partial charge is 0.459 e. The molecule has 0 bridgehead atoms. The summed E-state index contributed by atoms with van der Waals surface area (Å²) in [6, 6.07) is 0. The molecule has 0 radical (unpaired) electrons. The first-order chi connectivity index (χ1) is 7.06. The van der Waals surface area contributed by atoms with Crippen molar-refractivity contribution < 1.29 is 22.7 Å². The molecule has 0 aromatic rings. The molecule has 0 N–H and O–H groups in total. The Kier molecular flexibility index (Phi) is 5.12. The molecule has 16 heavy (non-hydrogen) atoms. The van der Waals surface area contributed by atoms with Crippen LogP contribution in [0.5, 0.6) is 0 Å². The maximum atomic E-state index is 11.4. The number of carbonyl (C=O) groups is 2. The van der Waals surface area contributed by atoms with Gasteiger partial charge in [0.1, 0.15) is 22.9 Å². The number of sulfone groups is 1. The van der Waals surface area contributed by atoms with Gasteiger partial charge in [0.2, 0.25) is 0 Å². The number of esters is 1. The third-order valence-corrected chi connectivity index (χ3v) is 2.97. The van der Waals surface area contributed by atoms with Gasteiger partial charge in [-0.25, -0.2) is 8.42 Å². The van der Waals surface area contributed by atoms with Crippen LogP contribution in [0.3, 0.4) is 0 Å². The van der Waals surface area contributed by atoms with Gasteiger partial charge in [0, 0.05) is 6.42 Å². The predicted molar refractivity (Wildman–Crippen MR) is 59.8 cm³/mol. The molecule has 0 aliphatic carbocycles. The van der Waals surface area contributed by atoms with Crippen LogP contribution in [0.4, 0.5) is 0 Å². The first kappa shape index (κ1) is 15.1. The van der Waals surface area contributed by atoms with Crippen molar-refractivity contribution in [3.05, 3.63) is 0 Å². The minimum absolute atomic E-state index is 0.146. The third-order valence-electron chi connectivity index (χ3n) is 1.53. The van der Waals surface area contributed by atoms with Crippen molar-refractivity contribution in [1.29, 1.82) is 0 Å². The highest BCUT2D eigenvalue weighted by Crippen LogP contribution is 2.08. The van der Waals surface area contributed by atoms with Crippen molar-refractivity contribution in [1.82, 2.24) is 0 Å². The molecule has 0 atom stereocenters. The van der Waals surface area contributed by atoms with E-state index >= 15 is 0 Å². The van der Waals surface area contributed by atoms with Gasteiger partial charge in [-0.15, -0.1) is 0 Å². The molecule has 0 amide bonds. The van der Waals surface area contributed by atoms with Crippen LogP contribution in [0.1, 0.15) is 34.1 Å². The molecule has 0 spiro atoms. The van der Waals surface area contributed by atoms with Crippen LogP contribution in [0.2, 0.25) is 0 Å². The molecule has 0 saturated carbocycles. The zero-order chi connectivity index (χ0) is 13.0. The molecule has 0 fully saturated rings. The molecule has 0 aromatic carbocycles. The Labute approximate surface area is 96.1 Å². The Bertz CT molecular complexity index is 361. The van der Waals surface area contributed by atoms with Crippen LogP contribution >= 0.6 is 0 Å². The summed E-state index contributed by atoms with van der Waals surface area (Å²) in [6.07, 6.45) is 0.146. The lowest BCUT2D eigenvalue weighted by Crippen LogP contribution is -2.30. The zero-order valence-corrected chi connectivity index (χ0v) is 10.9. The van der Waals surface area contributed by atoms with E-state index in [1.54, 1.807) is 27.7 Å². The number of rotatable bonds is 5. The SMILES string of the molecule is CCC(=O)CS(=O)(=O)CC(=O)OC(C)(C)C. The maximum Gasteiger partial charge on any atom is 0.321 e. The fourth-order valence-corrected chi connectivity index (χ4v) is 2.16. The molecule has 0 aliphatic heterocycles. The molecule has 0 unspecified atom stereocenters. The number of ether oxygens (including phenoxy) is 1.